The number of amides is 3. The van der Waals surface area contributed by atoms with Gasteiger partial charge in [0.05, 0.1) is 6.42 Å². The zero-order valence-electron chi connectivity index (χ0n) is 16.9. The van der Waals surface area contributed by atoms with Gasteiger partial charge < -0.3 is 10.1 Å². The molecule has 0 aromatic heterocycles. The Morgan fingerprint density at radius 3 is 2.16 bits per heavy atom. The zero-order chi connectivity index (χ0) is 23.0. The number of halogens is 2. The van der Waals surface area contributed by atoms with Crippen LogP contribution in [0.5, 0.6) is 0 Å². The molecular weight excluding hydrogens is 490 g/mol. The summed E-state index contributed by atoms with van der Waals surface area (Å²) in [6.07, 6.45) is -0.459. The van der Waals surface area contributed by atoms with Gasteiger partial charge in [-0.15, -0.1) is 0 Å². The third-order valence-electron chi connectivity index (χ3n) is 4.06. The predicted molar refractivity (Wildman–Crippen MR) is 119 cm³/mol. The summed E-state index contributed by atoms with van der Waals surface area (Å²) in [5, 5.41) is 3.13. The van der Waals surface area contributed by atoms with Gasteiger partial charge in [0, 0.05) is 27.2 Å². The molecule has 0 unspecified atom stereocenters. The molecule has 0 aliphatic heterocycles. The van der Waals surface area contributed by atoms with Crippen molar-refractivity contribution in [2.45, 2.75) is 26.7 Å². The molecule has 10 heteroatoms. The first-order valence-corrected chi connectivity index (χ1v) is 10.4. The average molecular weight is 511 g/mol. The van der Waals surface area contributed by atoms with Gasteiger partial charge in [-0.3, -0.25) is 30.0 Å². The summed E-state index contributed by atoms with van der Waals surface area (Å²) in [6.45, 7) is 3.33. The Morgan fingerprint density at radius 1 is 0.935 bits per heavy atom. The quantitative estimate of drug-likeness (QED) is 0.390. The summed E-state index contributed by atoms with van der Waals surface area (Å²) >= 11 is 9.20. The maximum Gasteiger partial charge on any atom is 0.306 e. The summed E-state index contributed by atoms with van der Waals surface area (Å²) in [6, 6.07) is 9.68. The van der Waals surface area contributed by atoms with Crippen LogP contribution < -0.4 is 16.2 Å². The van der Waals surface area contributed by atoms with Gasteiger partial charge in [0.1, 0.15) is 0 Å². The zero-order valence-corrected chi connectivity index (χ0v) is 19.2. The van der Waals surface area contributed by atoms with E-state index in [4.69, 9.17) is 16.3 Å². The molecule has 164 valence electrons. The van der Waals surface area contributed by atoms with Gasteiger partial charge in [-0.1, -0.05) is 27.5 Å². The van der Waals surface area contributed by atoms with Gasteiger partial charge in [-0.25, -0.2) is 0 Å². The van der Waals surface area contributed by atoms with E-state index in [1.165, 1.54) is 12.1 Å². The van der Waals surface area contributed by atoms with Crippen molar-refractivity contribution in [1.82, 2.24) is 10.9 Å². The first-order chi connectivity index (χ1) is 14.7. The maximum absolute atomic E-state index is 12.0. The number of anilines is 1. The van der Waals surface area contributed by atoms with Gasteiger partial charge in [-0.05, 0) is 61.4 Å². The number of hydrogen-bond acceptors (Lipinski definition) is 5. The number of ether oxygens (including phenoxy) is 1. The normalized spacial score (nSPS) is 10.2. The molecule has 2 aromatic rings. The van der Waals surface area contributed by atoms with Crippen LogP contribution in [-0.4, -0.2) is 30.3 Å². The predicted octanol–water partition coefficient (Wildman–Crippen LogP) is 3.44. The molecule has 0 aliphatic rings. The van der Waals surface area contributed by atoms with Crippen LogP contribution in [0.25, 0.3) is 0 Å². The number of esters is 1. The Morgan fingerprint density at radius 2 is 1.55 bits per heavy atom. The van der Waals surface area contributed by atoms with E-state index in [9.17, 15) is 19.2 Å². The van der Waals surface area contributed by atoms with E-state index in [1.54, 1.807) is 24.3 Å². The maximum atomic E-state index is 12.0. The summed E-state index contributed by atoms with van der Waals surface area (Å²) in [4.78, 5) is 47.4. The van der Waals surface area contributed by atoms with Gasteiger partial charge in [0.25, 0.3) is 11.8 Å². The molecule has 31 heavy (non-hydrogen) atoms. The van der Waals surface area contributed by atoms with Crippen LogP contribution in [0.4, 0.5) is 5.69 Å². The van der Waals surface area contributed by atoms with Crippen molar-refractivity contribution in [3.8, 4) is 0 Å². The number of nitrogens with one attached hydrogen (secondary N) is 3. The fourth-order valence-corrected chi connectivity index (χ4v) is 2.87. The van der Waals surface area contributed by atoms with E-state index in [0.29, 0.717) is 16.3 Å². The molecule has 8 nitrogen and oxygen atoms in total. The molecule has 0 radical (unpaired) electrons. The summed E-state index contributed by atoms with van der Waals surface area (Å²) < 4.78 is 5.83. The topological polar surface area (TPSA) is 114 Å². The number of aryl methyl sites for hydroxylation is 2. The number of benzene rings is 2. The fourth-order valence-electron chi connectivity index (χ4n) is 2.51. The lowest BCUT2D eigenvalue weighted by Crippen LogP contribution is -2.41. The van der Waals surface area contributed by atoms with Crippen molar-refractivity contribution < 1.29 is 23.9 Å². The van der Waals surface area contributed by atoms with Crippen LogP contribution in [0.15, 0.2) is 40.9 Å². The highest BCUT2D eigenvalue weighted by Crippen LogP contribution is 2.24. The number of carbonyl (C=O) groups is 4. The molecule has 0 aliphatic carbocycles. The van der Waals surface area contributed by atoms with Crippen LogP contribution in [0.2, 0.25) is 5.02 Å². The van der Waals surface area contributed by atoms with Gasteiger partial charge in [0.15, 0.2) is 6.61 Å². The van der Waals surface area contributed by atoms with Crippen molar-refractivity contribution in [3.63, 3.8) is 0 Å². The van der Waals surface area contributed by atoms with E-state index in [0.717, 1.165) is 15.6 Å². The fraction of sp³-hybridized carbons (Fsp3) is 0.238. The number of hydrogen-bond donors (Lipinski definition) is 3. The standard InChI is InChI=1S/C21H21BrClN3O5/c1-12-9-16(10-13(2)20(12)22)24-18(28)11-31-19(29)8-7-17(27)25-26-21(30)14-3-5-15(23)6-4-14/h3-6,9-10H,7-8,11H2,1-2H3,(H,24,28)(H,25,27)(H,26,30). The molecule has 3 amide bonds. The van der Waals surface area contributed by atoms with Crippen molar-refractivity contribution >= 4 is 56.9 Å². The second-order valence-corrected chi connectivity index (χ2v) is 7.87. The lowest BCUT2D eigenvalue weighted by Gasteiger charge is -2.10. The lowest BCUT2D eigenvalue weighted by molar-refractivity contribution is -0.148. The molecule has 3 N–H and O–H groups in total. The van der Waals surface area contributed by atoms with Crippen molar-refractivity contribution in [1.29, 1.82) is 0 Å². The minimum atomic E-state index is -0.711. The highest BCUT2D eigenvalue weighted by molar-refractivity contribution is 9.10. The Balaban J connectivity index is 1.68. The van der Waals surface area contributed by atoms with Crippen LogP contribution in [-0.2, 0) is 19.1 Å². The van der Waals surface area contributed by atoms with Gasteiger partial charge >= 0.3 is 5.97 Å². The first kappa shape index (κ1) is 24.4. The number of hydrazine groups is 1. The smallest absolute Gasteiger partial charge is 0.306 e. The molecule has 2 aromatic carbocycles. The highest BCUT2D eigenvalue weighted by atomic mass is 79.9. The van der Waals surface area contributed by atoms with E-state index in [1.807, 2.05) is 13.8 Å². The minimum Gasteiger partial charge on any atom is -0.456 e. The third kappa shape index (κ3) is 8.03. The second-order valence-electron chi connectivity index (χ2n) is 6.64. The monoisotopic (exact) mass is 509 g/mol. The Labute approximate surface area is 192 Å². The summed E-state index contributed by atoms with van der Waals surface area (Å²) in [7, 11) is 0. The first-order valence-electron chi connectivity index (χ1n) is 9.22. The SMILES string of the molecule is Cc1cc(NC(=O)COC(=O)CCC(=O)NNC(=O)c2ccc(Cl)cc2)cc(C)c1Br. The molecule has 0 spiro atoms. The Bertz CT molecular complexity index is 972. The van der Waals surface area contributed by atoms with Crippen LogP contribution in [0.3, 0.4) is 0 Å². The third-order valence-corrected chi connectivity index (χ3v) is 5.57. The minimum absolute atomic E-state index is 0.216. The van der Waals surface area contributed by atoms with Crippen molar-refractivity contribution in [2.24, 2.45) is 0 Å². The lowest BCUT2D eigenvalue weighted by atomic mass is 10.1. The van der Waals surface area contributed by atoms with Crippen molar-refractivity contribution in [2.75, 3.05) is 11.9 Å². The van der Waals surface area contributed by atoms with Crippen molar-refractivity contribution in [3.05, 3.63) is 62.6 Å². The largest absolute Gasteiger partial charge is 0.456 e. The molecule has 0 atom stereocenters. The average Bonchev–Trinajstić information content (AvgIpc) is 2.73. The molecular formula is C21H21BrClN3O5. The number of carbonyl (C=O) groups excluding carboxylic acids is 4. The summed E-state index contributed by atoms with van der Waals surface area (Å²) in [5.41, 5.74) is 7.26. The van der Waals surface area contributed by atoms with Crippen LogP contribution in [0.1, 0.15) is 34.3 Å². The molecule has 0 fully saturated rings. The van der Waals surface area contributed by atoms with Crippen LogP contribution >= 0.6 is 27.5 Å². The Kier molecular flexibility index (Phi) is 9.02. The van der Waals surface area contributed by atoms with E-state index in [-0.39, 0.29) is 12.8 Å². The summed E-state index contributed by atoms with van der Waals surface area (Å²) in [5.74, 6) is -2.31. The molecule has 0 saturated heterocycles. The van der Waals surface area contributed by atoms with Gasteiger partial charge in [-0.2, -0.15) is 0 Å². The van der Waals surface area contributed by atoms with Gasteiger partial charge in [0.2, 0.25) is 5.91 Å². The molecule has 2 rings (SSSR count). The number of rotatable bonds is 7. The van der Waals surface area contributed by atoms with E-state index < -0.39 is 30.3 Å². The second kappa shape index (κ2) is 11.5. The highest BCUT2D eigenvalue weighted by Gasteiger charge is 2.13. The molecule has 0 bridgehead atoms. The molecule has 0 heterocycles. The Hall–Kier alpha value is -2.91. The molecule has 0 saturated carbocycles. The van der Waals surface area contributed by atoms with E-state index in [2.05, 4.69) is 32.1 Å². The van der Waals surface area contributed by atoms with Crippen LogP contribution in [0, 0.1) is 13.8 Å². The van der Waals surface area contributed by atoms with E-state index >= 15 is 0 Å².